The van der Waals surface area contributed by atoms with Crippen LogP contribution in [-0.2, 0) is 12.0 Å². The number of alkyl halides is 3. The molecule has 0 saturated heterocycles. The average Bonchev–Trinajstić information content (AvgIpc) is 3.10. The molecule has 1 aromatic heterocycles. The van der Waals surface area contributed by atoms with Gasteiger partial charge in [-0.05, 0) is 41.5 Å². The Morgan fingerprint density at radius 3 is 2.55 bits per heavy atom. The molecule has 3 aromatic rings. The van der Waals surface area contributed by atoms with Crippen LogP contribution in [-0.4, -0.2) is 31.4 Å². The molecular weight excluding hydrogens is 381 g/mol. The van der Waals surface area contributed by atoms with Crippen molar-refractivity contribution in [3.8, 4) is 11.5 Å². The van der Waals surface area contributed by atoms with Gasteiger partial charge in [0.2, 0.25) is 0 Å². The summed E-state index contributed by atoms with van der Waals surface area (Å²) in [4.78, 5) is 3.30. The van der Waals surface area contributed by atoms with E-state index in [2.05, 4.69) is 24.1 Å². The number of aromatic nitrogens is 1. The van der Waals surface area contributed by atoms with Gasteiger partial charge < -0.3 is 19.8 Å². The number of H-pyrrole nitrogens is 1. The van der Waals surface area contributed by atoms with Gasteiger partial charge in [-0.1, -0.05) is 26.0 Å². The molecule has 0 atom stereocenters. The lowest BCUT2D eigenvalue weighted by Gasteiger charge is -2.25. The Morgan fingerprint density at radius 1 is 1.03 bits per heavy atom. The third-order valence-electron chi connectivity index (χ3n) is 4.82. The molecule has 29 heavy (non-hydrogen) atoms. The summed E-state index contributed by atoms with van der Waals surface area (Å²) < 4.78 is 47.1. The number of nitrogens with one attached hydrogen (secondary N) is 2. The second-order valence-corrected chi connectivity index (χ2v) is 7.65. The molecule has 0 radical (unpaired) electrons. The van der Waals surface area contributed by atoms with E-state index in [1.807, 2.05) is 30.5 Å². The maximum Gasteiger partial charge on any atom is 0.422 e. The normalized spacial score (nSPS) is 12.3. The fourth-order valence-corrected chi connectivity index (χ4v) is 3.31. The monoisotopic (exact) mass is 406 g/mol. The summed E-state index contributed by atoms with van der Waals surface area (Å²) >= 11 is 0. The summed E-state index contributed by atoms with van der Waals surface area (Å²) in [5.74, 6) is 1.02. The molecule has 0 amide bonds. The third-order valence-corrected chi connectivity index (χ3v) is 4.82. The summed E-state index contributed by atoms with van der Waals surface area (Å²) in [5, 5.41) is 4.51. The van der Waals surface area contributed by atoms with Crippen molar-refractivity contribution in [1.82, 2.24) is 10.3 Å². The first kappa shape index (κ1) is 21.0. The fraction of sp³-hybridized carbons (Fsp3) is 0.364. The first-order chi connectivity index (χ1) is 13.7. The molecule has 0 fully saturated rings. The highest BCUT2D eigenvalue weighted by molar-refractivity contribution is 5.85. The zero-order valence-corrected chi connectivity index (χ0v) is 16.7. The van der Waals surface area contributed by atoms with Gasteiger partial charge in [-0.3, -0.25) is 0 Å². The Labute approximate surface area is 168 Å². The number of aromatic amines is 1. The van der Waals surface area contributed by atoms with Gasteiger partial charge in [0, 0.05) is 35.6 Å². The summed E-state index contributed by atoms with van der Waals surface area (Å²) in [5.41, 5.74) is 2.90. The van der Waals surface area contributed by atoms with E-state index in [-0.39, 0.29) is 11.2 Å². The topological polar surface area (TPSA) is 46.3 Å². The number of hydrogen-bond acceptors (Lipinski definition) is 3. The van der Waals surface area contributed by atoms with Crippen LogP contribution in [0.1, 0.15) is 25.0 Å². The minimum Gasteiger partial charge on any atom is -0.497 e. The van der Waals surface area contributed by atoms with Crippen molar-refractivity contribution in [2.75, 3.05) is 20.3 Å². The molecule has 0 unspecified atom stereocenters. The number of ether oxygens (including phenoxy) is 2. The number of benzene rings is 2. The average molecular weight is 406 g/mol. The first-order valence-corrected chi connectivity index (χ1v) is 9.33. The number of halogens is 3. The van der Waals surface area contributed by atoms with Crippen LogP contribution in [0.4, 0.5) is 13.2 Å². The zero-order valence-electron chi connectivity index (χ0n) is 16.7. The van der Waals surface area contributed by atoms with E-state index in [1.54, 1.807) is 19.2 Å². The number of methoxy groups -OCH3 is 1. The van der Waals surface area contributed by atoms with Crippen molar-refractivity contribution in [1.29, 1.82) is 0 Å². The zero-order chi connectivity index (χ0) is 21.1. The third kappa shape index (κ3) is 5.44. The van der Waals surface area contributed by atoms with E-state index in [1.165, 1.54) is 11.6 Å². The number of fused-ring (bicyclic) bond motifs is 1. The van der Waals surface area contributed by atoms with E-state index in [4.69, 9.17) is 9.47 Å². The molecule has 156 valence electrons. The molecule has 0 bridgehead atoms. The predicted molar refractivity (Wildman–Crippen MR) is 108 cm³/mol. The molecule has 2 aromatic carbocycles. The van der Waals surface area contributed by atoms with Crippen molar-refractivity contribution in [3.63, 3.8) is 0 Å². The minimum absolute atomic E-state index is 0.172. The smallest absolute Gasteiger partial charge is 0.422 e. The highest BCUT2D eigenvalue weighted by Crippen LogP contribution is 2.32. The van der Waals surface area contributed by atoms with E-state index in [0.29, 0.717) is 13.1 Å². The van der Waals surface area contributed by atoms with Gasteiger partial charge >= 0.3 is 6.18 Å². The SMILES string of the molecule is COc1ccc2[nH]cc(C(C)(C)CNCc3cccc(OCC(F)(F)F)c3)c2c1. The summed E-state index contributed by atoms with van der Waals surface area (Å²) in [7, 11) is 1.65. The Bertz CT molecular complexity index is 964. The lowest BCUT2D eigenvalue weighted by molar-refractivity contribution is -0.153. The first-order valence-electron chi connectivity index (χ1n) is 9.33. The lowest BCUT2D eigenvalue weighted by Crippen LogP contribution is -2.32. The highest BCUT2D eigenvalue weighted by atomic mass is 19.4. The second kappa shape index (κ2) is 8.37. The van der Waals surface area contributed by atoms with Gasteiger partial charge in [-0.2, -0.15) is 13.2 Å². The van der Waals surface area contributed by atoms with Gasteiger partial charge in [-0.15, -0.1) is 0 Å². The fourth-order valence-electron chi connectivity index (χ4n) is 3.31. The molecule has 0 spiro atoms. The lowest BCUT2D eigenvalue weighted by atomic mass is 9.84. The van der Waals surface area contributed by atoms with Crippen LogP contribution in [0.5, 0.6) is 11.5 Å². The standard InChI is InChI=1S/C22H25F3N2O2/c1-21(2,19-12-27-20-8-7-16(28-3)10-18(19)20)13-26-11-15-5-4-6-17(9-15)29-14-22(23,24)25/h4-10,12,26-27H,11,13-14H2,1-3H3. The largest absolute Gasteiger partial charge is 0.497 e. The van der Waals surface area contributed by atoms with Crippen molar-refractivity contribution in [2.45, 2.75) is 32.0 Å². The molecule has 3 rings (SSSR count). The number of rotatable bonds is 8. The maximum absolute atomic E-state index is 12.3. The van der Waals surface area contributed by atoms with E-state index in [9.17, 15) is 13.2 Å². The number of hydrogen-bond donors (Lipinski definition) is 2. The molecule has 7 heteroatoms. The van der Waals surface area contributed by atoms with E-state index in [0.717, 1.165) is 22.2 Å². The predicted octanol–water partition coefficient (Wildman–Crippen LogP) is 5.19. The van der Waals surface area contributed by atoms with Gasteiger partial charge in [0.1, 0.15) is 11.5 Å². The summed E-state index contributed by atoms with van der Waals surface area (Å²) in [6.07, 6.45) is -2.34. The van der Waals surface area contributed by atoms with Gasteiger partial charge in [0.25, 0.3) is 0 Å². The van der Waals surface area contributed by atoms with Crippen LogP contribution in [0.3, 0.4) is 0 Å². The van der Waals surface area contributed by atoms with Crippen LogP contribution >= 0.6 is 0 Å². The van der Waals surface area contributed by atoms with E-state index >= 15 is 0 Å². The molecule has 1 heterocycles. The van der Waals surface area contributed by atoms with Gasteiger partial charge in [0.15, 0.2) is 6.61 Å². The Kier molecular flexibility index (Phi) is 6.07. The summed E-state index contributed by atoms with van der Waals surface area (Å²) in [6.45, 7) is 4.21. The molecule has 2 N–H and O–H groups in total. The Balaban J connectivity index is 1.64. The molecule has 0 saturated carbocycles. The molecular formula is C22H25F3N2O2. The van der Waals surface area contributed by atoms with Gasteiger partial charge in [0.05, 0.1) is 7.11 Å². The van der Waals surface area contributed by atoms with Crippen LogP contribution in [0.15, 0.2) is 48.7 Å². The Morgan fingerprint density at radius 2 is 1.83 bits per heavy atom. The van der Waals surface area contributed by atoms with Crippen LogP contribution < -0.4 is 14.8 Å². The second-order valence-electron chi connectivity index (χ2n) is 7.65. The van der Waals surface area contributed by atoms with E-state index < -0.39 is 12.8 Å². The van der Waals surface area contributed by atoms with Crippen molar-refractivity contribution in [2.24, 2.45) is 0 Å². The molecule has 0 aliphatic heterocycles. The molecule has 4 nitrogen and oxygen atoms in total. The van der Waals surface area contributed by atoms with Crippen molar-refractivity contribution < 1.29 is 22.6 Å². The van der Waals surface area contributed by atoms with Crippen molar-refractivity contribution >= 4 is 10.9 Å². The Hall–Kier alpha value is -2.67. The molecule has 0 aliphatic carbocycles. The van der Waals surface area contributed by atoms with Crippen LogP contribution in [0, 0.1) is 0 Å². The molecule has 0 aliphatic rings. The quantitative estimate of drug-likeness (QED) is 0.542. The minimum atomic E-state index is -4.35. The maximum atomic E-state index is 12.3. The van der Waals surface area contributed by atoms with Crippen molar-refractivity contribution in [3.05, 3.63) is 59.8 Å². The van der Waals surface area contributed by atoms with Gasteiger partial charge in [-0.25, -0.2) is 0 Å². The summed E-state index contributed by atoms with van der Waals surface area (Å²) in [6, 6.07) is 12.6. The van der Waals surface area contributed by atoms with Crippen LogP contribution in [0.25, 0.3) is 10.9 Å². The highest BCUT2D eigenvalue weighted by Gasteiger charge is 2.28. The van der Waals surface area contributed by atoms with Crippen LogP contribution in [0.2, 0.25) is 0 Å².